The first-order valence-electron chi connectivity index (χ1n) is 6.42. The fraction of sp³-hybridized carbons (Fsp3) is 0.267. The highest BCUT2D eigenvalue weighted by Crippen LogP contribution is 2.20. The molecule has 21 heavy (non-hydrogen) atoms. The van der Waals surface area contributed by atoms with Crippen LogP contribution in [-0.4, -0.2) is 18.8 Å². The molecule has 0 bridgehead atoms. The van der Waals surface area contributed by atoms with Crippen molar-refractivity contribution in [3.8, 4) is 5.75 Å². The summed E-state index contributed by atoms with van der Waals surface area (Å²) in [5.41, 5.74) is 0.516. The van der Waals surface area contributed by atoms with Crippen LogP contribution in [0.4, 0.5) is 0 Å². The van der Waals surface area contributed by atoms with Gasteiger partial charge in [0.2, 0.25) is 0 Å². The Morgan fingerprint density at radius 1 is 1.33 bits per heavy atom. The molecule has 0 N–H and O–H groups in total. The van der Waals surface area contributed by atoms with E-state index in [9.17, 15) is 9.59 Å². The maximum absolute atomic E-state index is 12.0. The van der Waals surface area contributed by atoms with Crippen LogP contribution in [0.3, 0.4) is 0 Å². The van der Waals surface area contributed by atoms with Gasteiger partial charge in [-0.3, -0.25) is 0 Å². The van der Waals surface area contributed by atoms with Crippen LogP contribution in [0, 0.1) is 0 Å². The van der Waals surface area contributed by atoms with Crippen LogP contribution in [0.25, 0.3) is 11.0 Å². The molecule has 0 aliphatic heterocycles. The zero-order valence-corrected chi connectivity index (χ0v) is 12.0. The van der Waals surface area contributed by atoms with Crippen LogP contribution < -0.4 is 10.4 Å². The maximum Gasteiger partial charge on any atom is 0.345 e. The number of hydrogen-bond acceptors (Lipinski definition) is 6. The van der Waals surface area contributed by atoms with E-state index in [0.717, 1.165) is 5.39 Å². The van der Waals surface area contributed by atoms with Crippen LogP contribution in [0.1, 0.15) is 25.8 Å². The Kier molecular flexibility index (Phi) is 4.37. The van der Waals surface area contributed by atoms with Crippen molar-refractivity contribution in [2.24, 2.45) is 5.16 Å². The molecule has 2 aromatic rings. The number of benzene rings is 1. The summed E-state index contributed by atoms with van der Waals surface area (Å²) in [5.74, 6) is 0.0542. The largest absolute Gasteiger partial charge is 0.497 e. The summed E-state index contributed by atoms with van der Waals surface area (Å²) in [6.45, 7) is 3.05. The molecular weight excluding hydrogens is 274 g/mol. The van der Waals surface area contributed by atoms with Crippen molar-refractivity contribution >= 4 is 22.7 Å². The fourth-order valence-electron chi connectivity index (χ4n) is 1.84. The molecular formula is C15H15NO5. The minimum Gasteiger partial charge on any atom is -0.497 e. The number of carbonyl (C=O) groups excluding carboxylic acids is 1. The van der Waals surface area contributed by atoms with Gasteiger partial charge in [-0.1, -0.05) is 12.1 Å². The molecule has 0 spiro atoms. The summed E-state index contributed by atoms with van der Waals surface area (Å²) in [6.07, 6.45) is 0.430. The normalized spacial score (nSPS) is 11.5. The second kappa shape index (κ2) is 6.21. The van der Waals surface area contributed by atoms with Gasteiger partial charge in [0.1, 0.15) is 11.3 Å². The lowest BCUT2D eigenvalue weighted by Crippen LogP contribution is -2.15. The van der Waals surface area contributed by atoms with Crippen molar-refractivity contribution in [3.05, 3.63) is 40.2 Å². The first-order valence-corrected chi connectivity index (χ1v) is 6.42. The summed E-state index contributed by atoms with van der Waals surface area (Å²) in [5, 5.41) is 4.43. The van der Waals surface area contributed by atoms with Gasteiger partial charge in [0.25, 0.3) is 0 Å². The van der Waals surface area contributed by atoms with Crippen molar-refractivity contribution in [2.45, 2.75) is 20.3 Å². The lowest BCUT2D eigenvalue weighted by atomic mass is 10.1. The Morgan fingerprint density at radius 2 is 2.10 bits per heavy atom. The minimum atomic E-state index is -0.545. The number of nitrogens with zero attached hydrogens (tertiary/aromatic N) is 1. The van der Waals surface area contributed by atoms with E-state index in [1.165, 1.54) is 14.0 Å². The van der Waals surface area contributed by atoms with Gasteiger partial charge in [0.05, 0.1) is 18.4 Å². The van der Waals surface area contributed by atoms with E-state index < -0.39 is 11.6 Å². The number of rotatable bonds is 4. The predicted molar refractivity (Wildman–Crippen MR) is 77.6 cm³/mol. The van der Waals surface area contributed by atoms with E-state index in [-0.39, 0.29) is 5.56 Å². The summed E-state index contributed by atoms with van der Waals surface area (Å²) in [4.78, 5) is 27.5. The SMILES string of the molecule is CC/C(=N\OC(C)=O)c1cc2ccc(OC)cc2oc1=O. The molecule has 0 fully saturated rings. The van der Waals surface area contributed by atoms with Crippen LogP contribution in [0.15, 0.2) is 38.6 Å². The molecule has 1 aromatic carbocycles. The zero-order chi connectivity index (χ0) is 15.4. The second-order valence-corrected chi connectivity index (χ2v) is 4.33. The monoisotopic (exact) mass is 289 g/mol. The Morgan fingerprint density at radius 3 is 2.71 bits per heavy atom. The van der Waals surface area contributed by atoms with Gasteiger partial charge < -0.3 is 14.0 Å². The number of fused-ring (bicyclic) bond motifs is 1. The van der Waals surface area contributed by atoms with E-state index in [1.807, 2.05) is 0 Å². The highest BCUT2D eigenvalue weighted by molar-refractivity contribution is 6.02. The molecule has 110 valence electrons. The summed E-state index contributed by atoms with van der Waals surface area (Å²) < 4.78 is 10.4. The number of oxime groups is 1. The summed E-state index contributed by atoms with van der Waals surface area (Å²) in [7, 11) is 1.54. The van der Waals surface area contributed by atoms with Gasteiger partial charge in [-0.25, -0.2) is 9.59 Å². The molecule has 0 radical (unpaired) electrons. The average molecular weight is 289 g/mol. The van der Waals surface area contributed by atoms with E-state index in [4.69, 9.17) is 9.15 Å². The van der Waals surface area contributed by atoms with Gasteiger partial charge in [0.15, 0.2) is 0 Å². The van der Waals surface area contributed by atoms with Gasteiger partial charge in [0, 0.05) is 18.4 Å². The Labute approximate surface area is 121 Å². The third kappa shape index (κ3) is 3.28. The molecule has 0 aliphatic carbocycles. The smallest absolute Gasteiger partial charge is 0.345 e. The van der Waals surface area contributed by atoms with E-state index in [1.54, 1.807) is 31.2 Å². The number of carbonyl (C=O) groups is 1. The minimum absolute atomic E-state index is 0.274. The first-order chi connectivity index (χ1) is 10.0. The third-order valence-corrected chi connectivity index (χ3v) is 2.87. The van der Waals surface area contributed by atoms with E-state index in [0.29, 0.717) is 23.5 Å². The number of methoxy groups -OCH3 is 1. The molecule has 2 rings (SSSR count). The molecule has 0 aliphatic rings. The van der Waals surface area contributed by atoms with Crippen molar-refractivity contribution in [1.82, 2.24) is 0 Å². The predicted octanol–water partition coefficient (Wildman–Crippen LogP) is 2.48. The molecule has 6 heteroatoms. The third-order valence-electron chi connectivity index (χ3n) is 2.87. The standard InChI is InChI=1S/C15H15NO5/c1-4-13(16-21-9(2)17)12-7-10-5-6-11(19-3)8-14(10)20-15(12)18/h5-8H,4H2,1-3H3/b16-13+. The Bertz CT molecular complexity index is 760. The van der Waals surface area contributed by atoms with Crippen molar-refractivity contribution in [3.63, 3.8) is 0 Å². The van der Waals surface area contributed by atoms with Crippen LogP contribution in [-0.2, 0) is 9.63 Å². The summed E-state index contributed by atoms with van der Waals surface area (Å²) in [6, 6.07) is 6.84. The molecule has 0 saturated heterocycles. The van der Waals surface area contributed by atoms with Crippen molar-refractivity contribution in [1.29, 1.82) is 0 Å². The molecule has 0 saturated carbocycles. The maximum atomic E-state index is 12.0. The molecule has 0 atom stereocenters. The molecule has 0 unspecified atom stereocenters. The highest BCUT2D eigenvalue weighted by atomic mass is 16.7. The Balaban J connectivity index is 2.54. The highest BCUT2D eigenvalue weighted by Gasteiger charge is 2.12. The van der Waals surface area contributed by atoms with Gasteiger partial charge in [-0.15, -0.1) is 0 Å². The van der Waals surface area contributed by atoms with Gasteiger partial charge in [-0.2, -0.15) is 0 Å². The van der Waals surface area contributed by atoms with Crippen molar-refractivity contribution in [2.75, 3.05) is 7.11 Å². The Hall–Kier alpha value is -2.63. The van der Waals surface area contributed by atoms with E-state index >= 15 is 0 Å². The van der Waals surface area contributed by atoms with Crippen molar-refractivity contribution < 1.29 is 18.8 Å². The van der Waals surface area contributed by atoms with Gasteiger partial charge in [-0.05, 0) is 24.6 Å². The molecule has 1 heterocycles. The fourth-order valence-corrected chi connectivity index (χ4v) is 1.84. The molecule has 0 amide bonds. The second-order valence-electron chi connectivity index (χ2n) is 4.33. The average Bonchev–Trinajstić information content (AvgIpc) is 2.47. The van der Waals surface area contributed by atoms with Crippen LogP contribution in [0.2, 0.25) is 0 Å². The lowest BCUT2D eigenvalue weighted by Gasteiger charge is -2.05. The molecule has 1 aromatic heterocycles. The van der Waals surface area contributed by atoms with E-state index in [2.05, 4.69) is 9.99 Å². The lowest BCUT2D eigenvalue weighted by molar-refractivity contribution is -0.140. The van der Waals surface area contributed by atoms with Crippen LogP contribution >= 0.6 is 0 Å². The number of hydrogen-bond donors (Lipinski definition) is 0. The van der Waals surface area contributed by atoms with Crippen LogP contribution in [0.5, 0.6) is 5.75 Å². The summed E-state index contributed by atoms with van der Waals surface area (Å²) >= 11 is 0. The number of ether oxygens (including phenoxy) is 1. The molecule has 6 nitrogen and oxygen atoms in total. The quantitative estimate of drug-likeness (QED) is 0.374. The topological polar surface area (TPSA) is 78.1 Å². The first kappa shape index (κ1) is 14.8. The zero-order valence-electron chi connectivity index (χ0n) is 12.0. The van der Waals surface area contributed by atoms with Gasteiger partial charge >= 0.3 is 11.6 Å².